The van der Waals surface area contributed by atoms with Gasteiger partial charge in [-0.1, -0.05) is 26.8 Å². The molecule has 2 rings (SSSR count). The second kappa shape index (κ2) is 4.07. The Labute approximate surface area is 104 Å². The van der Waals surface area contributed by atoms with Crippen molar-refractivity contribution in [3.05, 3.63) is 23.8 Å². The molecule has 0 aliphatic carbocycles. The summed E-state index contributed by atoms with van der Waals surface area (Å²) in [5.74, 6) is 0.261. The van der Waals surface area contributed by atoms with Crippen molar-refractivity contribution >= 4 is 5.69 Å². The van der Waals surface area contributed by atoms with Gasteiger partial charge in [-0.15, -0.1) is 0 Å². The first-order valence-electron chi connectivity index (χ1n) is 5.80. The van der Waals surface area contributed by atoms with Crippen LogP contribution >= 0.6 is 0 Å². The van der Waals surface area contributed by atoms with E-state index in [2.05, 4.69) is 26.1 Å². The Morgan fingerprint density at radius 3 is 2.44 bits per heavy atom. The standard InChI is InChI=1S/C13H16F3NO/c1-12(2,3)8-4-5-10-9(6-8)17-7-11(18-10)13(14,15)16/h4-6,11,17H,7H2,1-3H3. The predicted octanol–water partition coefficient (Wildman–Crippen LogP) is 3.72. The summed E-state index contributed by atoms with van der Waals surface area (Å²) in [6.07, 6.45) is -6.11. The molecule has 1 aliphatic rings. The van der Waals surface area contributed by atoms with Crippen LogP contribution in [0.1, 0.15) is 26.3 Å². The van der Waals surface area contributed by atoms with Crippen LogP contribution in [0.3, 0.4) is 0 Å². The van der Waals surface area contributed by atoms with E-state index in [-0.39, 0.29) is 17.7 Å². The van der Waals surface area contributed by atoms with Crippen LogP contribution in [-0.4, -0.2) is 18.8 Å². The van der Waals surface area contributed by atoms with Gasteiger partial charge in [-0.05, 0) is 23.1 Å². The van der Waals surface area contributed by atoms with E-state index in [0.29, 0.717) is 5.69 Å². The molecule has 0 radical (unpaired) electrons. The lowest BCUT2D eigenvalue weighted by Crippen LogP contribution is -2.42. The monoisotopic (exact) mass is 259 g/mol. The smallest absolute Gasteiger partial charge is 0.427 e. The van der Waals surface area contributed by atoms with Crippen LogP contribution in [0.5, 0.6) is 5.75 Å². The van der Waals surface area contributed by atoms with E-state index in [1.54, 1.807) is 12.1 Å². The summed E-state index contributed by atoms with van der Waals surface area (Å²) < 4.78 is 42.6. The lowest BCUT2D eigenvalue weighted by molar-refractivity contribution is -0.191. The maximum absolute atomic E-state index is 12.5. The number of hydrogen-bond donors (Lipinski definition) is 1. The molecule has 0 saturated carbocycles. The highest BCUT2D eigenvalue weighted by Crippen LogP contribution is 2.37. The molecular formula is C13H16F3NO. The number of rotatable bonds is 0. The minimum atomic E-state index is -4.34. The van der Waals surface area contributed by atoms with Gasteiger partial charge in [0, 0.05) is 0 Å². The Bertz CT molecular complexity index is 449. The van der Waals surface area contributed by atoms with Gasteiger partial charge in [0.05, 0.1) is 12.2 Å². The fourth-order valence-corrected chi connectivity index (χ4v) is 1.82. The van der Waals surface area contributed by atoms with Crippen molar-refractivity contribution in [2.75, 3.05) is 11.9 Å². The summed E-state index contributed by atoms with van der Waals surface area (Å²) in [6.45, 7) is 5.91. The Balaban J connectivity index is 2.27. The van der Waals surface area contributed by atoms with Crippen LogP contribution in [0.2, 0.25) is 0 Å². The maximum atomic E-state index is 12.5. The molecule has 0 bridgehead atoms. The van der Waals surface area contributed by atoms with Crippen molar-refractivity contribution in [3.63, 3.8) is 0 Å². The number of benzene rings is 1. The van der Waals surface area contributed by atoms with Crippen molar-refractivity contribution in [2.24, 2.45) is 0 Å². The molecule has 0 aromatic heterocycles. The summed E-state index contributed by atoms with van der Waals surface area (Å²) >= 11 is 0. The van der Waals surface area contributed by atoms with Crippen molar-refractivity contribution in [3.8, 4) is 5.75 Å². The number of halogens is 3. The Kier molecular flexibility index (Phi) is 2.95. The maximum Gasteiger partial charge on any atom is 0.427 e. The topological polar surface area (TPSA) is 21.3 Å². The van der Waals surface area contributed by atoms with Gasteiger partial charge in [-0.25, -0.2) is 0 Å². The van der Waals surface area contributed by atoms with E-state index in [1.165, 1.54) is 0 Å². The van der Waals surface area contributed by atoms with E-state index >= 15 is 0 Å². The molecule has 18 heavy (non-hydrogen) atoms. The van der Waals surface area contributed by atoms with Crippen molar-refractivity contribution in [1.82, 2.24) is 0 Å². The molecule has 1 heterocycles. The van der Waals surface area contributed by atoms with Crippen LogP contribution < -0.4 is 10.1 Å². The zero-order chi connectivity index (χ0) is 13.6. The third-order valence-corrected chi connectivity index (χ3v) is 2.96. The summed E-state index contributed by atoms with van der Waals surface area (Å²) in [7, 11) is 0. The zero-order valence-electron chi connectivity index (χ0n) is 10.6. The molecule has 1 aromatic carbocycles. The summed E-state index contributed by atoms with van der Waals surface area (Å²) in [5.41, 5.74) is 1.64. The first kappa shape index (κ1) is 13.1. The molecule has 1 aliphatic heterocycles. The quantitative estimate of drug-likeness (QED) is 0.766. The van der Waals surface area contributed by atoms with Crippen LogP contribution in [-0.2, 0) is 5.41 Å². The highest BCUT2D eigenvalue weighted by Gasteiger charge is 2.43. The normalized spacial score (nSPS) is 19.8. The third-order valence-electron chi connectivity index (χ3n) is 2.96. The van der Waals surface area contributed by atoms with Gasteiger partial charge in [-0.2, -0.15) is 13.2 Å². The van der Waals surface area contributed by atoms with Crippen molar-refractivity contribution < 1.29 is 17.9 Å². The van der Waals surface area contributed by atoms with Crippen molar-refractivity contribution in [1.29, 1.82) is 0 Å². The predicted molar refractivity (Wildman–Crippen MR) is 64.1 cm³/mol. The Morgan fingerprint density at radius 2 is 1.89 bits per heavy atom. The van der Waals surface area contributed by atoms with Gasteiger partial charge in [0.25, 0.3) is 0 Å². The van der Waals surface area contributed by atoms with Crippen LogP contribution in [0.25, 0.3) is 0 Å². The molecule has 1 N–H and O–H groups in total. The van der Waals surface area contributed by atoms with Gasteiger partial charge in [0.1, 0.15) is 5.75 Å². The molecule has 0 amide bonds. The van der Waals surface area contributed by atoms with Crippen molar-refractivity contribution in [2.45, 2.75) is 38.5 Å². The number of hydrogen-bond acceptors (Lipinski definition) is 2. The largest absolute Gasteiger partial charge is 0.477 e. The molecule has 2 nitrogen and oxygen atoms in total. The average molecular weight is 259 g/mol. The third kappa shape index (κ3) is 2.54. The lowest BCUT2D eigenvalue weighted by Gasteiger charge is -2.30. The van der Waals surface area contributed by atoms with E-state index in [4.69, 9.17) is 4.74 Å². The molecular weight excluding hydrogens is 243 g/mol. The number of nitrogens with one attached hydrogen (secondary N) is 1. The Hall–Kier alpha value is -1.39. The van der Waals surface area contributed by atoms with Gasteiger partial charge >= 0.3 is 6.18 Å². The fraction of sp³-hybridized carbons (Fsp3) is 0.538. The van der Waals surface area contributed by atoms with Gasteiger partial charge in [-0.3, -0.25) is 0 Å². The fourth-order valence-electron chi connectivity index (χ4n) is 1.82. The minimum Gasteiger partial charge on any atom is -0.477 e. The van der Waals surface area contributed by atoms with Crippen LogP contribution in [0.4, 0.5) is 18.9 Å². The van der Waals surface area contributed by atoms with E-state index in [1.807, 2.05) is 6.07 Å². The second-order valence-electron chi connectivity index (χ2n) is 5.49. The van der Waals surface area contributed by atoms with Gasteiger partial charge in [0.15, 0.2) is 0 Å². The zero-order valence-corrected chi connectivity index (χ0v) is 10.6. The molecule has 5 heteroatoms. The number of ether oxygens (including phenoxy) is 1. The van der Waals surface area contributed by atoms with Gasteiger partial charge < -0.3 is 10.1 Å². The van der Waals surface area contributed by atoms with E-state index in [0.717, 1.165) is 5.56 Å². The summed E-state index contributed by atoms with van der Waals surface area (Å²) in [5, 5.41) is 2.79. The molecule has 0 spiro atoms. The number of anilines is 1. The van der Waals surface area contributed by atoms with Crippen LogP contribution in [0.15, 0.2) is 18.2 Å². The van der Waals surface area contributed by atoms with Crippen LogP contribution in [0, 0.1) is 0 Å². The molecule has 1 unspecified atom stereocenters. The lowest BCUT2D eigenvalue weighted by atomic mass is 9.86. The highest BCUT2D eigenvalue weighted by molar-refractivity contribution is 5.60. The summed E-state index contributed by atoms with van der Waals surface area (Å²) in [4.78, 5) is 0. The molecule has 0 saturated heterocycles. The minimum absolute atomic E-state index is 0.0441. The number of alkyl halides is 3. The SMILES string of the molecule is CC(C)(C)c1ccc2c(c1)NCC(C(F)(F)F)O2. The molecule has 100 valence electrons. The van der Waals surface area contributed by atoms with E-state index in [9.17, 15) is 13.2 Å². The first-order chi connectivity index (χ1) is 8.18. The highest BCUT2D eigenvalue weighted by atomic mass is 19.4. The summed E-state index contributed by atoms with van der Waals surface area (Å²) in [6, 6.07) is 5.25. The first-order valence-corrected chi connectivity index (χ1v) is 5.80. The Morgan fingerprint density at radius 1 is 1.22 bits per heavy atom. The molecule has 0 fully saturated rings. The average Bonchev–Trinajstić information content (AvgIpc) is 2.25. The molecule has 1 aromatic rings. The van der Waals surface area contributed by atoms with Gasteiger partial charge in [0.2, 0.25) is 6.10 Å². The molecule has 1 atom stereocenters. The van der Waals surface area contributed by atoms with E-state index < -0.39 is 12.3 Å². The second-order valence-corrected chi connectivity index (χ2v) is 5.49. The number of fused-ring (bicyclic) bond motifs is 1.